The Bertz CT molecular complexity index is 568. The summed E-state index contributed by atoms with van der Waals surface area (Å²) in [6.07, 6.45) is 0. The summed E-state index contributed by atoms with van der Waals surface area (Å²) >= 11 is 3.08. The molecule has 0 spiro atoms. The number of halogens is 2. The molecule has 0 saturated heterocycles. The summed E-state index contributed by atoms with van der Waals surface area (Å²) in [6.45, 7) is 0. The molecule has 0 atom stereocenters. The van der Waals surface area contributed by atoms with Crippen molar-refractivity contribution in [3.8, 4) is 11.3 Å². The summed E-state index contributed by atoms with van der Waals surface area (Å²) in [6, 6.07) is 6.17. The smallest absolute Gasteiger partial charge is 0.193 e. The molecule has 4 nitrogen and oxygen atoms in total. The second-order valence-electron chi connectivity index (χ2n) is 3.45. The number of carbonyl (C=O) groups is 1. The van der Waals surface area contributed by atoms with Crippen molar-refractivity contribution in [3.05, 3.63) is 35.8 Å². The van der Waals surface area contributed by atoms with Crippen LogP contribution in [0, 0.1) is 5.82 Å². The normalized spacial score (nSPS) is 10.5. The molecular weight excluding hydrogens is 289 g/mol. The number of nitrogens with zero attached hydrogens (tertiary/aromatic N) is 3. The summed E-state index contributed by atoms with van der Waals surface area (Å²) in [5.41, 5.74) is 0.854. The van der Waals surface area contributed by atoms with Gasteiger partial charge in [-0.05, 0) is 12.1 Å². The van der Waals surface area contributed by atoms with Gasteiger partial charge < -0.3 is 0 Å². The Morgan fingerprint density at radius 3 is 2.82 bits per heavy atom. The van der Waals surface area contributed by atoms with Crippen molar-refractivity contribution in [1.82, 2.24) is 15.0 Å². The minimum atomic E-state index is -0.420. The Morgan fingerprint density at radius 2 is 2.18 bits per heavy atom. The Balaban J connectivity index is 2.61. The van der Waals surface area contributed by atoms with Gasteiger partial charge in [0.25, 0.3) is 0 Å². The Hall–Kier alpha value is -1.56. The van der Waals surface area contributed by atoms with E-state index in [0.29, 0.717) is 5.69 Å². The molecule has 88 valence electrons. The third-order valence-electron chi connectivity index (χ3n) is 2.34. The number of aryl methyl sites for hydroxylation is 1. The van der Waals surface area contributed by atoms with Gasteiger partial charge in [0, 0.05) is 12.6 Å². The number of hydrogen-bond donors (Lipinski definition) is 0. The number of Topliss-reactive ketones (excluding diaryl/α,β-unsaturated/α-hetero) is 1. The topological polar surface area (TPSA) is 47.8 Å². The van der Waals surface area contributed by atoms with E-state index in [9.17, 15) is 9.18 Å². The fourth-order valence-electron chi connectivity index (χ4n) is 1.57. The lowest BCUT2D eigenvalue weighted by atomic mass is 10.1. The monoisotopic (exact) mass is 297 g/mol. The summed E-state index contributed by atoms with van der Waals surface area (Å²) in [5, 5.41) is 7.76. The van der Waals surface area contributed by atoms with Gasteiger partial charge in [-0.3, -0.25) is 4.79 Å². The number of hydrogen-bond acceptors (Lipinski definition) is 3. The van der Waals surface area contributed by atoms with E-state index in [-0.39, 0.29) is 22.4 Å². The van der Waals surface area contributed by atoms with E-state index < -0.39 is 5.82 Å². The van der Waals surface area contributed by atoms with E-state index in [4.69, 9.17) is 0 Å². The van der Waals surface area contributed by atoms with Crippen molar-refractivity contribution in [2.75, 3.05) is 5.33 Å². The fourth-order valence-corrected chi connectivity index (χ4v) is 1.83. The van der Waals surface area contributed by atoms with Crippen LogP contribution in [0.5, 0.6) is 0 Å². The lowest BCUT2D eigenvalue weighted by molar-refractivity contribution is 0.101. The molecule has 0 fully saturated rings. The van der Waals surface area contributed by atoms with Crippen molar-refractivity contribution >= 4 is 21.7 Å². The van der Waals surface area contributed by atoms with Crippen molar-refractivity contribution in [2.45, 2.75) is 0 Å². The van der Waals surface area contributed by atoms with Gasteiger partial charge in [0.15, 0.2) is 5.78 Å². The van der Waals surface area contributed by atoms with Crippen LogP contribution in [0.4, 0.5) is 4.39 Å². The molecule has 2 rings (SSSR count). The first-order valence-corrected chi connectivity index (χ1v) is 6.01. The molecule has 1 heterocycles. The maximum absolute atomic E-state index is 13.6. The molecule has 0 saturated carbocycles. The van der Waals surface area contributed by atoms with Crippen LogP contribution in [-0.4, -0.2) is 26.1 Å². The Kier molecular flexibility index (Phi) is 3.33. The van der Waals surface area contributed by atoms with Gasteiger partial charge >= 0.3 is 0 Å². The van der Waals surface area contributed by atoms with Crippen LogP contribution in [0.3, 0.4) is 0 Å². The number of benzene rings is 1. The highest BCUT2D eigenvalue weighted by Gasteiger charge is 2.20. The van der Waals surface area contributed by atoms with Gasteiger partial charge in [-0.25, -0.2) is 9.07 Å². The highest BCUT2D eigenvalue weighted by atomic mass is 79.9. The van der Waals surface area contributed by atoms with Crippen LogP contribution in [0.1, 0.15) is 10.5 Å². The van der Waals surface area contributed by atoms with Gasteiger partial charge in [0.05, 0.1) is 5.33 Å². The maximum Gasteiger partial charge on any atom is 0.193 e. The third-order valence-corrected chi connectivity index (χ3v) is 2.85. The van der Waals surface area contributed by atoms with E-state index in [2.05, 4.69) is 26.2 Å². The number of rotatable bonds is 3. The highest BCUT2D eigenvalue weighted by Crippen LogP contribution is 2.24. The van der Waals surface area contributed by atoms with Crippen molar-refractivity contribution in [3.63, 3.8) is 0 Å². The Labute approximate surface area is 106 Å². The summed E-state index contributed by atoms with van der Waals surface area (Å²) in [7, 11) is 1.60. The molecule has 0 aliphatic rings. The zero-order chi connectivity index (χ0) is 12.4. The first-order chi connectivity index (χ1) is 8.15. The fraction of sp³-hybridized carbons (Fsp3) is 0.182. The SMILES string of the molecule is Cn1nnc(-c2ccccc2F)c1C(=O)CBr. The van der Waals surface area contributed by atoms with Gasteiger partial charge in [-0.2, -0.15) is 0 Å². The molecule has 1 aromatic carbocycles. The van der Waals surface area contributed by atoms with Crippen LogP contribution >= 0.6 is 15.9 Å². The second-order valence-corrected chi connectivity index (χ2v) is 4.01. The highest BCUT2D eigenvalue weighted by molar-refractivity contribution is 9.09. The van der Waals surface area contributed by atoms with Crippen LogP contribution in [0.25, 0.3) is 11.3 Å². The number of alkyl halides is 1. The van der Waals surface area contributed by atoms with E-state index in [1.54, 1.807) is 25.2 Å². The zero-order valence-corrected chi connectivity index (χ0v) is 10.6. The zero-order valence-electron chi connectivity index (χ0n) is 9.02. The van der Waals surface area contributed by atoms with Crippen LogP contribution in [0.15, 0.2) is 24.3 Å². The van der Waals surface area contributed by atoms with Gasteiger partial charge in [-0.1, -0.05) is 33.3 Å². The minimum absolute atomic E-state index is 0.148. The summed E-state index contributed by atoms with van der Waals surface area (Å²) < 4.78 is 15.0. The molecule has 17 heavy (non-hydrogen) atoms. The predicted molar refractivity (Wildman–Crippen MR) is 64.5 cm³/mol. The van der Waals surface area contributed by atoms with E-state index in [0.717, 1.165) is 0 Å². The molecule has 6 heteroatoms. The first kappa shape index (κ1) is 11.9. The van der Waals surface area contributed by atoms with Crippen molar-refractivity contribution in [2.24, 2.45) is 7.05 Å². The quantitative estimate of drug-likeness (QED) is 0.644. The summed E-state index contributed by atoms with van der Waals surface area (Å²) in [5.74, 6) is -0.604. The Morgan fingerprint density at radius 1 is 1.47 bits per heavy atom. The minimum Gasteiger partial charge on any atom is -0.291 e. The van der Waals surface area contributed by atoms with Crippen molar-refractivity contribution < 1.29 is 9.18 Å². The average molecular weight is 298 g/mol. The van der Waals surface area contributed by atoms with Crippen molar-refractivity contribution in [1.29, 1.82) is 0 Å². The lowest BCUT2D eigenvalue weighted by Crippen LogP contribution is -2.09. The largest absolute Gasteiger partial charge is 0.291 e. The molecule has 1 aromatic heterocycles. The van der Waals surface area contributed by atoms with Crippen LogP contribution in [-0.2, 0) is 7.05 Å². The third kappa shape index (κ3) is 2.12. The molecule has 0 N–H and O–H groups in total. The van der Waals surface area contributed by atoms with Gasteiger partial charge in [-0.15, -0.1) is 5.10 Å². The average Bonchev–Trinajstić information content (AvgIpc) is 2.71. The van der Waals surface area contributed by atoms with E-state index in [1.165, 1.54) is 10.7 Å². The lowest BCUT2D eigenvalue weighted by Gasteiger charge is -2.02. The van der Waals surface area contributed by atoms with Crippen LogP contribution < -0.4 is 0 Å². The second kappa shape index (κ2) is 4.75. The van der Waals surface area contributed by atoms with Crippen LogP contribution in [0.2, 0.25) is 0 Å². The maximum atomic E-state index is 13.6. The number of aromatic nitrogens is 3. The number of ketones is 1. The molecule has 0 unspecified atom stereocenters. The van der Waals surface area contributed by atoms with Gasteiger partial charge in [0.2, 0.25) is 0 Å². The standard InChI is InChI=1S/C11H9BrFN3O/c1-16-11(9(17)6-12)10(14-15-16)7-4-2-3-5-8(7)13/h2-5H,6H2,1H3. The molecular formula is C11H9BrFN3O. The molecule has 0 radical (unpaired) electrons. The molecule has 0 aliphatic carbocycles. The molecule has 2 aromatic rings. The van der Waals surface area contributed by atoms with E-state index in [1.807, 2.05) is 0 Å². The van der Waals surface area contributed by atoms with E-state index >= 15 is 0 Å². The number of carbonyl (C=O) groups excluding carboxylic acids is 1. The molecule has 0 bridgehead atoms. The predicted octanol–water partition coefficient (Wildman–Crippen LogP) is 2.20. The molecule has 0 amide bonds. The summed E-state index contributed by atoms with van der Waals surface area (Å²) in [4.78, 5) is 11.7. The van der Waals surface area contributed by atoms with Gasteiger partial charge in [0.1, 0.15) is 17.2 Å². The molecule has 0 aliphatic heterocycles. The first-order valence-electron chi connectivity index (χ1n) is 4.89.